The highest BCUT2D eigenvalue weighted by Gasteiger charge is 2.30. The van der Waals surface area contributed by atoms with Crippen LogP contribution in [0.3, 0.4) is 0 Å². The number of rotatable bonds is 4. The van der Waals surface area contributed by atoms with Gasteiger partial charge < -0.3 is 19.3 Å². The Kier molecular flexibility index (Phi) is 5.86. The van der Waals surface area contributed by atoms with Gasteiger partial charge in [-0.1, -0.05) is 24.8 Å². The van der Waals surface area contributed by atoms with Crippen molar-refractivity contribution < 1.29 is 9.47 Å². The lowest BCUT2D eigenvalue weighted by molar-refractivity contribution is -0.0113. The van der Waals surface area contributed by atoms with E-state index in [9.17, 15) is 0 Å². The summed E-state index contributed by atoms with van der Waals surface area (Å²) in [5.41, 5.74) is 3.89. The maximum atomic E-state index is 6.14. The van der Waals surface area contributed by atoms with Gasteiger partial charge in [0.2, 0.25) is 5.96 Å². The highest BCUT2D eigenvalue weighted by atomic mass is 16.5. The summed E-state index contributed by atoms with van der Waals surface area (Å²) in [4.78, 5) is 13.4. The van der Waals surface area contributed by atoms with E-state index >= 15 is 0 Å². The Balaban J connectivity index is 1.61. The highest BCUT2D eigenvalue weighted by molar-refractivity contribution is 5.91. The first-order valence-corrected chi connectivity index (χ1v) is 10.3. The van der Waals surface area contributed by atoms with Gasteiger partial charge in [0.25, 0.3) is 0 Å². The standard InChI is InChI=1S/C24H28N4O2/c1-17(2)30-22-8-6-5-7-20(22)23-16-28(13-14-29-23)24-26-21(15-18(3)27(24)4)19-9-11-25-12-10-19/h5-12,15,17,23H,3,13-14,16H2,1-2,4H3. The van der Waals surface area contributed by atoms with E-state index in [4.69, 9.17) is 14.5 Å². The summed E-state index contributed by atoms with van der Waals surface area (Å²) in [5.74, 6) is 1.75. The van der Waals surface area contributed by atoms with E-state index in [0.717, 1.165) is 40.8 Å². The molecule has 0 amide bonds. The molecule has 2 aliphatic rings. The summed E-state index contributed by atoms with van der Waals surface area (Å²) in [5, 5.41) is 0. The number of allylic oxidation sites excluding steroid dienone is 1. The number of hydrogen-bond donors (Lipinski definition) is 0. The molecule has 2 aliphatic heterocycles. The normalized spacial score (nSPS) is 19.6. The maximum absolute atomic E-state index is 6.14. The molecule has 156 valence electrons. The van der Waals surface area contributed by atoms with Crippen LogP contribution < -0.4 is 4.74 Å². The Bertz CT molecular complexity index is 968. The molecule has 0 N–H and O–H groups in total. The molecular formula is C24H28N4O2. The SMILES string of the molecule is C=C1C=C(c2ccncc2)N=C(N2CCOC(c3ccccc3OC(C)C)C2)N1C. The summed E-state index contributed by atoms with van der Waals surface area (Å²) in [6, 6.07) is 12.0. The number of nitrogens with zero attached hydrogens (tertiary/aromatic N) is 4. The van der Waals surface area contributed by atoms with Crippen molar-refractivity contribution in [1.82, 2.24) is 14.8 Å². The predicted molar refractivity (Wildman–Crippen MR) is 119 cm³/mol. The first-order valence-electron chi connectivity index (χ1n) is 10.3. The van der Waals surface area contributed by atoms with Crippen LogP contribution in [-0.2, 0) is 4.74 Å². The van der Waals surface area contributed by atoms with Crippen LogP contribution in [-0.4, -0.2) is 53.6 Å². The fourth-order valence-electron chi connectivity index (χ4n) is 3.68. The topological polar surface area (TPSA) is 50.2 Å². The molecule has 2 aromatic rings. The minimum Gasteiger partial charge on any atom is -0.491 e. The Hall–Kier alpha value is -3.12. The van der Waals surface area contributed by atoms with Gasteiger partial charge in [-0.25, -0.2) is 4.99 Å². The van der Waals surface area contributed by atoms with Crippen LogP contribution in [0.1, 0.15) is 31.1 Å². The van der Waals surface area contributed by atoms with Crippen molar-refractivity contribution in [2.45, 2.75) is 26.1 Å². The largest absolute Gasteiger partial charge is 0.491 e. The van der Waals surface area contributed by atoms with Gasteiger partial charge in [0.1, 0.15) is 11.9 Å². The fraction of sp³-hybridized carbons (Fsp3) is 0.333. The van der Waals surface area contributed by atoms with E-state index in [1.54, 1.807) is 12.4 Å². The molecule has 1 fully saturated rings. The van der Waals surface area contributed by atoms with Gasteiger partial charge in [0.05, 0.1) is 25.0 Å². The van der Waals surface area contributed by atoms with Gasteiger partial charge >= 0.3 is 0 Å². The molecule has 3 heterocycles. The second-order valence-electron chi connectivity index (χ2n) is 7.74. The van der Waals surface area contributed by atoms with Crippen LogP contribution in [0, 0.1) is 0 Å². The lowest BCUT2D eigenvalue weighted by Crippen LogP contribution is -2.49. The number of pyridine rings is 1. The summed E-state index contributed by atoms with van der Waals surface area (Å²) in [6.45, 7) is 10.4. The molecule has 30 heavy (non-hydrogen) atoms. The molecule has 6 nitrogen and oxygen atoms in total. The number of benzene rings is 1. The Morgan fingerprint density at radius 2 is 1.93 bits per heavy atom. The maximum Gasteiger partial charge on any atom is 0.206 e. The monoisotopic (exact) mass is 404 g/mol. The zero-order valence-corrected chi connectivity index (χ0v) is 17.8. The average Bonchev–Trinajstić information content (AvgIpc) is 2.76. The van der Waals surface area contributed by atoms with Crippen molar-refractivity contribution >= 4 is 11.7 Å². The molecule has 6 heteroatoms. The van der Waals surface area contributed by atoms with Crippen molar-refractivity contribution in [3.63, 3.8) is 0 Å². The molecule has 4 rings (SSSR count). The lowest BCUT2D eigenvalue weighted by Gasteiger charge is -2.40. The first-order chi connectivity index (χ1) is 14.5. The molecule has 1 aromatic heterocycles. The molecule has 0 bridgehead atoms. The van der Waals surface area contributed by atoms with Gasteiger partial charge in [-0.2, -0.15) is 0 Å². The summed E-state index contributed by atoms with van der Waals surface area (Å²) >= 11 is 0. The van der Waals surface area contributed by atoms with Gasteiger partial charge in [0, 0.05) is 42.8 Å². The second-order valence-corrected chi connectivity index (χ2v) is 7.74. The minimum absolute atomic E-state index is 0.0895. The van der Waals surface area contributed by atoms with Crippen molar-refractivity contribution in [3.05, 3.63) is 78.3 Å². The molecule has 1 aromatic carbocycles. The number of likely N-dealkylation sites (N-methyl/N-ethyl adjacent to an activating group) is 1. The molecular weight excluding hydrogens is 376 g/mol. The van der Waals surface area contributed by atoms with Crippen molar-refractivity contribution in [1.29, 1.82) is 0 Å². The van der Waals surface area contributed by atoms with Crippen LogP contribution in [0.15, 0.2) is 72.1 Å². The molecule has 0 spiro atoms. The molecule has 1 saturated heterocycles. The van der Waals surface area contributed by atoms with Gasteiger partial charge in [-0.05, 0) is 38.1 Å². The zero-order valence-electron chi connectivity index (χ0n) is 17.8. The van der Waals surface area contributed by atoms with Gasteiger partial charge in [-0.15, -0.1) is 0 Å². The Morgan fingerprint density at radius 3 is 2.70 bits per heavy atom. The van der Waals surface area contributed by atoms with E-state index in [1.807, 2.05) is 62.2 Å². The van der Waals surface area contributed by atoms with E-state index in [0.29, 0.717) is 13.2 Å². The smallest absolute Gasteiger partial charge is 0.206 e. The number of ether oxygens (including phenoxy) is 2. The van der Waals surface area contributed by atoms with E-state index < -0.39 is 0 Å². The Morgan fingerprint density at radius 1 is 1.17 bits per heavy atom. The van der Waals surface area contributed by atoms with E-state index in [-0.39, 0.29) is 12.2 Å². The minimum atomic E-state index is -0.0895. The van der Waals surface area contributed by atoms with Crippen LogP contribution in [0.5, 0.6) is 5.75 Å². The number of para-hydroxylation sites is 1. The number of guanidine groups is 1. The highest BCUT2D eigenvalue weighted by Crippen LogP contribution is 2.32. The third kappa shape index (κ3) is 4.24. The quantitative estimate of drug-likeness (QED) is 0.768. The second kappa shape index (κ2) is 8.71. The average molecular weight is 405 g/mol. The summed E-state index contributed by atoms with van der Waals surface area (Å²) < 4.78 is 12.2. The predicted octanol–water partition coefficient (Wildman–Crippen LogP) is 4.10. The number of aromatic nitrogens is 1. The summed E-state index contributed by atoms with van der Waals surface area (Å²) in [6.07, 6.45) is 5.58. The molecule has 0 radical (unpaired) electrons. The van der Waals surface area contributed by atoms with Crippen LogP contribution in [0.25, 0.3) is 5.70 Å². The van der Waals surface area contributed by atoms with Crippen molar-refractivity contribution in [2.75, 3.05) is 26.7 Å². The van der Waals surface area contributed by atoms with Crippen LogP contribution in [0.4, 0.5) is 0 Å². The zero-order chi connectivity index (χ0) is 21.1. The fourth-order valence-corrected chi connectivity index (χ4v) is 3.68. The molecule has 0 saturated carbocycles. The van der Waals surface area contributed by atoms with Gasteiger partial charge in [0.15, 0.2) is 0 Å². The van der Waals surface area contributed by atoms with Crippen LogP contribution >= 0.6 is 0 Å². The molecule has 0 aliphatic carbocycles. The van der Waals surface area contributed by atoms with E-state index in [2.05, 4.69) is 22.5 Å². The van der Waals surface area contributed by atoms with E-state index in [1.165, 1.54) is 0 Å². The van der Waals surface area contributed by atoms with Gasteiger partial charge in [-0.3, -0.25) is 4.98 Å². The number of hydrogen-bond acceptors (Lipinski definition) is 6. The number of aliphatic imine (C=N–C) groups is 1. The molecule has 1 unspecified atom stereocenters. The van der Waals surface area contributed by atoms with Crippen molar-refractivity contribution in [3.8, 4) is 5.75 Å². The van der Waals surface area contributed by atoms with Crippen LogP contribution in [0.2, 0.25) is 0 Å². The molecule has 1 atom stereocenters. The number of morpholine rings is 1. The third-order valence-corrected chi connectivity index (χ3v) is 5.21. The third-order valence-electron chi connectivity index (χ3n) is 5.21. The lowest BCUT2D eigenvalue weighted by atomic mass is 10.1. The Labute approximate surface area is 178 Å². The van der Waals surface area contributed by atoms with Crippen molar-refractivity contribution in [2.24, 2.45) is 4.99 Å². The first kappa shape index (κ1) is 20.2. The summed E-state index contributed by atoms with van der Waals surface area (Å²) in [7, 11) is 2.00.